The number of nitrogens with one attached hydrogen (secondary N) is 2. The molecule has 0 amide bonds. The summed E-state index contributed by atoms with van der Waals surface area (Å²) in [7, 11) is 4.66. The summed E-state index contributed by atoms with van der Waals surface area (Å²) < 4.78 is 85.1. The monoisotopic (exact) mass is 918 g/mol. The molecule has 0 radical (unpaired) electrons. The van der Waals surface area contributed by atoms with Crippen LogP contribution in [0.15, 0.2) is 97.1 Å². The molecule has 0 aliphatic carbocycles. The van der Waals surface area contributed by atoms with Crippen LogP contribution in [-0.4, -0.2) is 72.3 Å². The molecular weight excluding hydrogens is 885 g/mol. The second kappa shape index (κ2) is 17.8. The van der Waals surface area contributed by atoms with E-state index in [2.05, 4.69) is 9.97 Å². The standard InChI is InChI=1S/C52H34F4N4O8/c1-65-49(61)25-5-9-29(33(53)21-25)45-37-13-15-39(57-37)46(30-10-6-26(22-34(30)54)50(62)66-2)41-17-19-43(59-41)48(32-12-8-28(24-36(32)56)52(64)68-4)44-20-18-42(60-44)47(40-16-14-38(45)58-40)31-11-7-27(23-35(31)55)51(63)67-3/h5-24,57,60H,1-4H3. The van der Waals surface area contributed by atoms with Gasteiger partial charge in [-0.3, -0.25) is 0 Å². The van der Waals surface area contributed by atoms with Crippen LogP contribution in [-0.2, 0) is 18.9 Å². The third kappa shape index (κ3) is 7.86. The van der Waals surface area contributed by atoms with Crippen LogP contribution in [0, 0.1) is 23.3 Å². The summed E-state index contributed by atoms with van der Waals surface area (Å²) in [6.45, 7) is 0. The first-order chi connectivity index (χ1) is 32.8. The molecular formula is C52H34F4N4O8. The van der Waals surface area contributed by atoms with E-state index in [0.29, 0.717) is 0 Å². The maximum absolute atomic E-state index is 16.5. The number of carbonyl (C=O) groups excluding carboxylic acids is 4. The van der Waals surface area contributed by atoms with Gasteiger partial charge in [-0.05, 0) is 97.1 Å². The number of hydrogen-bond acceptors (Lipinski definition) is 10. The van der Waals surface area contributed by atoms with Crippen LogP contribution in [0.3, 0.4) is 0 Å². The van der Waals surface area contributed by atoms with Gasteiger partial charge in [0.15, 0.2) is 0 Å². The highest BCUT2D eigenvalue weighted by Crippen LogP contribution is 2.40. The van der Waals surface area contributed by atoms with Crippen molar-refractivity contribution in [1.29, 1.82) is 0 Å². The number of nitrogens with zero attached hydrogens (tertiary/aromatic N) is 2. The average Bonchev–Trinajstić information content (AvgIpc) is 4.20. The van der Waals surface area contributed by atoms with Crippen molar-refractivity contribution in [3.05, 3.63) is 165 Å². The first-order valence-corrected chi connectivity index (χ1v) is 20.5. The van der Waals surface area contributed by atoms with E-state index in [4.69, 9.17) is 28.9 Å². The summed E-state index contributed by atoms with van der Waals surface area (Å²) in [5, 5.41) is 0. The van der Waals surface area contributed by atoms with E-state index in [1.54, 1.807) is 48.6 Å². The number of fused-ring (bicyclic) bond motifs is 8. The van der Waals surface area contributed by atoms with Gasteiger partial charge < -0.3 is 28.9 Å². The largest absolute Gasteiger partial charge is 0.465 e. The molecule has 7 aromatic rings. The highest BCUT2D eigenvalue weighted by molar-refractivity contribution is 6.02. The number of halogens is 4. The van der Waals surface area contributed by atoms with Gasteiger partial charge in [0, 0.05) is 66.6 Å². The lowest BCUT2D eigenvalue weighted by Gasteiger charge is -2.10. The van der Waals surface area contributed by atoms with Crippen LogP contribution in [0.4, 0.5) is 17.6 Å². The third-order valence-electron chi connectivity index (χ3n) is 11.4. The second-order valence-electron chi connectivity index (χ2n) is 15.2. The van der Waals surface area contributed by atoms with Crippen molar-refractivity contribution in [1.82, 2.24) is 19.9 Å². The predicted molar refractivity (Wildman–Crippen MR) is 246 cm³/mol. The third-order valence-corrected chi connectivity index (χ3v) is 11.4. The number of hydrogen-bond donors (Lipinski definition) is 2. The molecule has 0 unspecified atom stereocenters. The van der Waals surface area contributed by atoms with Gasteiger partial charge in [-0.2, -0.15) is 0 Å². The van der Waals surface area contributed by atoms with Gasteiger partial charge in [0.1, 0.15) is 23.3 Å². The number of esters is 4. The van der Waals surface area contributed by atoms with Crippen molar-refractivity contribution in [2.75, 3.05) is 28.4 Å². The van der Waals surface area contributed by atoms with Gasteiger partial charge in [-0.15, -0.1) is 0 Å². The molecule has 5 heterocycles. The van der Waals surface area contributed by atoms with E-state index in [-0.39, 0.29) is 112 Å². The van der Waals surface area contributed by atoms with Crippen molar-refractivity contribution in [2.45, 2.75) is 0 Å². The number of rotatable bonds is 8. The fourth-order valence-corrected chi connectivity index (χ4v) is 8.19. The number of methoxy groups -OCH3 is 4. The molecule has 2 N–H and O–H groups in total. The van der Waals surface area contributed by atoms with Gasteiger partial charge in [-0.25, -0.2) is 46.7 Å². The smallest absolute Gasteiger partial charge is 0.337 e. The van der Waals surface area contributed by atoms with E-state index in [0.717, 1.165) is 24.3 Å². The molecule has 0 atom stereocenters. The van der Waals surface area contributed by atoms with Gasteiger partial charge in [0.2, 0.25) is 0 Å². The van der Waals surface area contributed by atoms with E-state index >= 15 is 17.6 Å². The van der Waals surface area contributed by atoms with Gasteiger partial charge >= 0.3 is 23.9 Å². The molecule has 16 heteroatoms. The maximum atomic E-state index is 16.5. The molecule has 2 aliphatic heterocycles. The normalized spacial score (nSPS) is 11.6. The summed E-state index contributed by atoms with van der Waals surface area (Å²) >= 11 is 0. The zero-order valence-corrected chi connectivity index (χ0v) is 36.2. The Morgan fingerprint density at radius 2 is 0.588 bits per heavy atom. The number of aromatic amines is 2. The number of aromatic nitrogens is 4. The summed E-state index contributed by atoms with van der Waals surface area (Å²) in [4.78, 5) is 66.3. The summed E-state index contributed by atoms with van der Waals surface area (Å²) in [5.74, 6) is -6.41. The Labute approximate surface area is 383 Å². The van der Waals surface area contributed by atoms with E-state index in [9.17, 15) is 19.2 Å². The Morgan fingerprint density at radius 1 is 0.368 bits per heavy atom. The summed E-state index contributed by atoms with van der Waals surface area (Å²) in [5.41, 5.74) is 2.10. The Morgan fingerprint density at radius 3 is 0.779 bits per heavy atom. The zero-order valence-electron chi connectivity index (χ0n) is 36.2. The average molecular weight is 919 g/mol. The fraction of sp³-hybridized carbons (Fsp3) is 0.0769. The topological polar surface area (TPSA) is 163 Å². The van der Waals surface area contributed by atoms with Crippen molar-refractivity contribution >= 4 is 70.2 Å². The van der Waals surface area contributed by atoms with E-state index < -0.39 is 47.1 Å². The minimum absolute atomic E-state index is 0.0162. The van der Waals surface area contributed by atoms with Crippen LogP contribution in [0.25, 0.3) is 90.9 Å². The molecule has 4 aromatic carbocycles. The fourth-order valence-electron chi connectivity index (χ4n) is 8.19. The molecule has 12 nitrogen and oxygen atoms in total. The zero-order chi connectivity index (χ0) is 48.0. The molecule has 0 spiro atoms. The van der Waals surface area contributed by atoms with Crippen molar-refractivity contribution in [2.24, 2.45) is 0 Å². The first kappa shape index (κ1) is 44.3. The Hall–Kier alpha value is -8.92. The Bertz CT molecular complexity index is 3100. The van der Waals surface area contributed by atoms with Crippen LogP contribution >= 0.6 is 0 Å². The molecule has 0 fully saturated rings. The maximum Gasteiger partial charge on any atom is 0.337 e. The Balaban J connectivity index is 1.46. The molecule has 338 valence electrons. The number of carbonyl (C=O) groups is 4. The first-order valence-electron chi connectivity index (χ1n) is 20.5. The minimum Gasteiger partial charge on any atom is -0.465 e. The lowest BCUT2D eigenvalue weighted by atomic mass is 10.0. The summed E-state index contributed by atoms with van der Waals surface area (Å²) in [6.07, 6.45) is 6.32. The molecule has 68 heavy (non-hydrogen) atoms. The van der Waals surface area contributed by atoms with Crippen LogP contribution in [0.2, 0.25) is 0 Å². The van der Waals surface area contributed by atoms with Crippen molar-refractivity contribution < 1.29 is 55.7 Å². The van der Waals surface area contributed by atoms with Gasteiger partial charge in [0.25, 0.3) is 0 Å². The van der Waals surface area contributed by atoms with E-state index in [1.165, 1.54) is 77.0 Å². The Kier molecular flexibility index (Phi) is 11.6. The van der Waals surface area contributed by atoms with E-state index in [1.807, 2.05) is 0 Å². The predicted octanol–water partition coefficient (Wildman–Crippen LogP) is 11.0. The lowest BCUT2D eigenvalue weighted by molar-refractivity contribution is 0.0591. The molecule has 0 saturated carbocycles. The van der Waals surface area contributed by atoms with Gasteiger partial charge in [-0.1, -0.05) is 24.3 Å². The van der Waals surface area contributed by atoms with Crippen LogP contribution < -0.4 is 0 Å². The molecule has 9 rings (SSSR count). The quantitative estimate of drug-likeness (QED) is 0.0852. The number of benzene rings is 4. The van der Waals surface area contributed by atoms with Crippen LogP contribution in [0.5, 0.6) is 0 Å². The minimum atomic E-state index is -0.827. The van der Waals surface area contributed by atoms with Gasteiger partial charge in [0.05, 0.1) is 73.5 Å². The summed E-state index contributed by atoms with van der Waals surface area (Å²) in [6, 6.07) is 21.5. The molecule has 0 saturated heterocycles. The van der Waals surface area contributed by atoms with Crippen molar-refractivity contribution in [3.8, 4) is 44.5 Å². The van der Waals surface area contributed by atoms with Crippen LogP contribution in [0.1, 0.15) is 64.2 Å². The SMILES string of the molecule is COC(=O)c1ccc(-c2c3nc(c(-c4ccc(C(=O)OC)cc4F)c4ccc([nH]4)c(-c4ccc(C(=O)OC)cc4F)c4nc(c(-c5ccc(C(=O)OC)cc5F)c5ccc2[nH]5)C=C4)C=C3)c(F)c1. The number of H-pyrrole nitrogens is 2. The highest BCUT2D eigenvalue weighted by Gasteiger charge is 2.25. The molecule has 3 aromatic heterocycles. The highest BCUT2D eigenvalue weighted by atomic mass is 19.1. The van der Waals surface area contributed by atoms with Crippen molar-refractivity contribution in [3.63, 3.8) is 0 Å². The molecule has 2 aliphatic rings. The number of ether oxygens (including phenoxy) is 4. The molecule has 8 bridgehead atoms. The lowest BCUT2D eigenvalue weighted by Crippen LogP contribution is -2.02. The second-order valence-corrected chi connectivity index (χ2v) is 15.2.